The average molecular weight is 655 g/mol. The van der Waals surface area contributed by atoms with E-state index in [0.717, 1.165) is 48.4 Å². The fraction of sp³-hybridized carbons (Fsp3) is 0.529. The molecule has 0 aromatic heterocycles. The van der Waals surface area contributed by atoms with Gasteiger partial charge in [-0.1, -0.05) is 55.8 Å². The number of amides is 4. The van der Waals surface area contributed by atoms with Crippen molar-refractivity contribution in [3.05, 3.63) is 48.0 Å². The van der Waals surface area contributed by atoms with Gasteiger partial charge in [-0.2, -0.15) is 0 Å². The minimum Gasteiger partial charge on any atom is -0.481 e. The Morgan fingerprint density at radius 3 is 2.02 bits per heavy atom. The minimum atomic E-state index is -1.50. The Morgan fingerprint density at radius 1 is 0.766 bits per heavy atom. The third-order valence-electron chi connectivity index (χ3n) is 8.75. The van der Waals surface area contributed by atoms with E-state index in [4.69, 9.17) is 5.11 Å². The molecule has 1 aliphatic carbocycles. The van der Waals surface area contributed by atoms with Crippen LogP contribution in [-0.4, -0.2) is 75.7 Å². The molecule has 0 unspecified atom stereocenters. The monoisotopic (exact) mass is 654 g/mol. The molecule has 0 spiro atoms. The molecule has 3 rings (SSSR count). The van der Waals surface area contributed by atoms with E-state index in [-0.39, 0.29) is 37.1 Å². The smallest absolute Gasteiger partial charge is 0.326 e. The largest absolute Gasteiger partial charge is 0.481 e. The van der Waals surface area contributed by atoms with E-state index < -0.39 is 48.5 Å². The fourth-order valence-corrected chi connectivity index (χ4v) is 5.88. The van der Waals surface area contributed by atoms with Gasteiger partial charge in [-0.3, -0.25) is 14.4 Å². The average Bonchev–Trinajstić information content (AvgIpc) is 3.05. The SMILES string of the molecule is CCC1CCC(C(=O)N[C@@H](Cc2ccc3ccccc3c2)C(=O)NCCCC[C@H](NC(=O)N[C@@H](CCC(=O)O)C(=O)O)C(=O)O)CC1. The predicted molar refractivity (Wildman–Crippen MR) is 174 cm³/mol. The molecule has 3 atom stereocenters. The van der Waals surface area contributed by atoms with Crippen LogP contribution in [0, 0.1) is 11.8 Å². The molecule has 13 nitrogen and oxygen atoms in total. The summed E-state index contributed by atoms with van der Waals surface area (Å²) in [5, 5.41) is 39.8. The van der Waals surface area contributed by atoms with E-state index in [9.17, 15) is 39.0 Å². The number of nitrogens with one attached hydrogen (secondary N) is 4. The van der Waals surface area contributed by atoms with E-state index >= 15 is 0 Å². The van der Waals surface area contributed by atoms with Gasteiger partial charge < -0.3 is 36.6 Å². The molecule has 256 valence electrons. The van der Waals surface area contributed by atoms with Gasteiger partial charge in [0.15, 0.2) is 0 Å². The molecule has 0 saturated heterocycles. The number of urea groups is 1. The van der Waals surface area contributed by atoms with E-state index in [2.05, 4.69) is 28.2 Å². The number of carboxylic acids is 3. The molecular weight excluding hydrogens is 608 g/mol. The van der Waals surface area contributed by atoms with E-state index in [1.807, 2.05) is 42.5 Å². The first kappa shape index (κ1) is 36.8. The van der Waals surface area contributed by atoms with Crippen molar-refractivity contribution >= 4 is 46.5 Å². The van der Waals surface area contributed by atoms with Gasteiger partial charge in [0.2, 0.25) is 11.8 Å². The van der Waals surface area contributed by atoms with Gasteiger partial charge >= 0.3 is 23.9 Å². The van der Waals surface area contributed by atoms with Crippen LogP contribution in [0.15, 0.2) is 42.5 Å². The minimum absolute atomic E-state index is 0.00315. The first-order valence-electron chi connectivity index (χ1n) is 16.3. The number of fused-ring (bicyclic) bond motifs is 1. The molecule has 0 bridgehead atoms. The molecule has 1 fully saturated rings. The van der Waals surface area contributed by atoms with Crippen molar-refractivity contribution in [1.29, 1.82) is 0 Å². The van der Waals surface area contributed by atoms with E-state index in [1.165, 1.54) is 0 Å². The molecule has 2 aromatic rings. The van der Waals surface area contributed by atoms with Gasteiger partial charge in [-0.15, -0.1) is 0 Å². The predicted octanol–water partition coefficient (Wildman–Crippen LogP) is 3.44. The first-order chi connectivity index (χ1) is 22.5. The van der Waals surface area contributed by atoms with Crippen LogP contribution >= 0.6 is 0 Å². The van der Waals surface area contributed by atoms with Gasteiger partial charge in [-0.05, 0) is 73.6 Å². The second-order valence-corrected chi connectivity index (χ2v) is 12.2. The van der Waals surface area contributed by atoms with Crippen LogP contribution in [0.25, 0.3) is 10.8 Å². The molecule has 0 aliphatic heterocycles. The van der Waals surface area contributed by atoms with E-state index in [1.54, 1.807) is 0 Å². The molecule has 0 heterocycles. The van der Waals surface area contributed by atoms with Crippen molar-refractivity contribution in [2.45, 2.75) is 95.7 Å². The molecule has 7 N–H and O–H groups in total. The van der Waals surface area contributed by atoms with Crippen LogP contribution in [0.5, 0.6) is 0 Å². The Morgan fingerprint density at radius 2 is 1.40 bits per heavy atom. The Labute approximate surface area is 273 Å². The summed E-state index contributed by atoms with van der Waals surface area (Å²) in [7, 11) is 0. The topological polar surface area (TPSA) is 211 Å². The Kier molecular flexibility index (Phi) is 14.4. The van der Waals surface area contributed by atoms with Crippen LogP contribution in [-0.2, 0) is 30.4 Å². The zero-order valence-electron chi connectivity index (χ0n) is 26.7. The number of carbonyl (C=O) groups excluding carboxylic acids is 3. The van der Waals surface area contributed by atoms with Crippen molar-refractivity contribution < 1.29 is 44.1 Å². The van der Waals surface area contributed by atoms with Crippen LogP contribution in [0.2, 0.25) is 0 Å². The summed E-state index contributed by atoms with van der Waals surface area (Å²) in [6, 6.07) is 9.16. The Balaban J connectivity index is 1.54. The lowest BCUT2D eigenvalue weighted by Crippen LogP contribution is -2.51. The lowest BCUT2D eigenvalue weighted by atomic mass is 9.80. The number of carboxylic acid groups (broad SMARTS) is 3. The highest BCUT2D eigenvalue weighted by molar-refractivity contribution is 5.89. The summed E-state index contributed by atoms with van der Waals surface area (Å²) in [4.78, 5) is 72.6. The van der Waals surface area contributed by atoms with Crippen LogP contribution in [0.4, 0.5) is 4.79 Å². The Hall–Kier alpha value is -4.68. The lowest BCUT2D eigenvalue weighted by Gasteiger charge is -2.28. The normalized spacial score (nSPS) is 17.9. The fourth-order valence-electron chi connectivity index (χ4n) is 5.88. The van der Waals surface area contributed by atoms with Crippen LogP contribution in [0.1, 0.15) is 76.7 Å². The summed E-state index contributed by atoms with van der Waals surface area (Å²) in [6.07, 6.45) is 4.82. The maximum Gasteiger partial charge on any atom is 0.326 e. The number of unbranched alkanes of at least 4 members (excludes halogenated alkanes) is 1. The first-order valence-corrected chi connectivity index (χ1v) is 16.3. The standard InChI is InChI=1S/C34H46N4O9/c1-2-21-10-14-24(15-11-21)30(41)36-28(20-22-12-13-23-7-3-4-8-25(23)19-22)31(42)35-18-6-5-9-26(32(43)44)37-34(47)38-27(33(45)46)16-17-29(39)40/h3-4,7-8,12-13,19,21,24,26-28H,2,5-6,9-11,14-18,20H2,1H3,(H,35,42)(H,36,41)(H,39,40)(H,43,44)(H,45,46)(H2,37,38,47)/t21?,24?,26-,27-,28-/m0/s1. The van der Waals surface area contributed by atoms with Gasteiger partial charge in [0.25, 0.3) is 0 Å². The molecular formula is C34H46N4O9. The number of benzene rings is 2. The summed E-state index contributed by atoms with van der Waals surface area (Å²) in [6.45, 7) is 2.37. The summed E-state index contributed by atoms with van der Waals surface area (Å²) in [5.74, 6) is -3.97. The quantitative estimate of drug-likeness (QED) is 0.117. The zero-order valence-corrected chi connectivity index (χ0v) is 26.7. The summed E-state index contributed by atoms with van der Waals surface area (Å²) >= 11 is 0. The highest BCUT2D eigenvalue weighted by Gasteiger charge is 2.29. The molecule has 1 saturated carbocycles. The maximum atomic E-state index is 13.4. The maximum absolute atomic E-state index is 13.4. The highest BCUT2D eigenvalue weighted by atomic mass is 16.4. The highest BCUT2D eigenvalue weighted by Crippen LogP contribution is 2.30. The van der Waals surface area contributed by atoms with Crippen molar-refractivity contribution in [2.24, 2.45) is 11.8 Å². The third kappa shape index (κ3) is 12.2. The van der Waals surface area contributed by atoms with Crippen molar-refractivity contribution in [3.63, 3.8) is 0 Å². The molecule has 1 aliphatic rings. The molecule has 2 aromatic carbocycles. The molecule has 4 amide bonds. The third-order valence-corrected chi connectivity index (χ3v) is 8.75. The van der Waals surface area contributed by atoms with Crippen LogP contribution in [0.3, 0.4) is 0 Å². The number of aliphatic carboxylic acids is 3. The number of hydrogen-bond acceptors (Lipinski definition) is 6. The molecule has 13 heteroatoms. The second-order valence-electron chi connectivity index (χ2n) is 12.2. The lowest BCUT2D eigenvalue weighted by molar-refractivity contribution is -0.141. The molecule has 47 heavy (non-hydrogen) atoms. The molecule has 0 radical (unpaired) electrons. The van der Waals surface area contributed by atoms with E-state index in [0.29, 0.717) is 25.2 Å². The van der Waals surface area contributed by atoms with Gasteiger partial charge in [0, 0.05) is 25.3 Å². The number of rotatable bonds is 18. The summed E-state index contributed by atoms with van der Waals surface area (Å²) in [5.41, 5.74) is 0.903. The van der Waals surface area contributed by atoms with Gasteiger partial charge in [0.05, 0.1) is 0 Å². The summed E-state index contributed by atoms with van der Waals surface area (Å²) < 4.78 is 0. The number of hydrogen-bond donors (Lipinski definition) is 7. The van der Waals surface area contributed by atoms with Crippen molar-refractivity contribution in [3.8, 4) is 0 Å². The van der Waals surface area contributed by atoms with Crippen molar-refractivity contribution in [2.75, 3.05) is 6.54 Å². The number of carbonyl (C=O) groups is 6. The van der Waals surface area contributed by atoms with Gasteiger partial charge in [-0.25, -0.2) is 14.4 Å². The van der Waals surface area contributed by atoms with Crippen LogP contribution < -0.4 is 21.3 Å². The van der Waals surface area contributed by atoms with Gasteiger partial charge in [0.1, 0.15) is 18.1 Å². The second kappa shape index (κ2) is 18.5. The van der Waals surface area contributed by atoms with Crippen molar-refractivity contribution in [1.82, 2.24) is 21.3 Å². The Bertz CT molecular complexity index is 1410. The zero-order chi connectivity index (χ0) is 34.3.